The molecule has 0 atom stereocenters. The second kappa shape index (κ2) is 8.44. The molecule has 0 spiro atoms. The van der Waals surface area contributed by atoms with Crippen LogP contribution >= 0.6 is 0 Å². The highest BCUT2D eigenvalue weighted by atomic mass is 16.1. The van der Waals surface area contributed by atoms with Crippen molar-refractivity contribution in [2.75, 3.05) is 0 Å². The van der Waals surface area contributed by atoms with E-state index in [2.05, 4.69) is 65.8 Å². The lowest BCUT2D eigenvalue weighted by Crippen LogP contribution is -2.16. The van der Waals surface area contributed by atoms with Gasteiger partial charge in [-0.15, -0.1) is 0 Å². The monoisotopic (exact) mass is 348 g/mol. The second-order valence-electron chi connectivity index (χ2n) is 5.51. The van der Waals surface area contributed by atoms with Crippen LogP contribution in [0.4, 0.5) is 0 Å². The van der Waals surface area contributed by atoms with Crippen LogP contribution in [-0.4, -0.2) is 11.8 Å². The van der Waals surface area contributed by atoms with Crippen molar-refractivity contribution in [3.8, 4) is 0 Å². The van der Waals surface area contributed by atoms with E-state index in [-0.39, 0.29) is 22.3 Å². The zero-order chi connectivity index (χ0) is 20.9. The van der Waals surface area contributed by atoms with E-state index in [9.17, 15) is 9.59 Å². The number of carbonyl (C=O) groups is 2. The van der Waals surface area contributed by atoms with Crippen molar-refractivity contribution in [1.29, 1.82) is 0 Å². The van der Waals surface area contributed by atoms with Crippen molar-refractivity contribution in [3.05, 3.63) is 122 Å². The summed E-state index contributed by atoms with van der Waals surface area (Å²) >= 11 is 0. The third-order valence-electron chi connectivity index (χ3n) is 3.87. The smallest absolute Gasteiger partial charge is 0.248 e. The normalized spacial score (nSPS) is 9.38. The quantitative estimate of drug-likeness (QED) is 0.442. The highest BCUT2D eigenvalue weighted by Crippen LogP contribution is 2.34. The molecule has 0 aliphatic heterocycles. The molecule has 0 saturated heterocycles. The summed E-state index contributed by atoms with van der Waals surface area (Å²) in [6.07, 6.45) is 0. The number of rotatable bonds is 11. The van der Waals surface area contributed by atoms with Crippen molar-refractivity contribution in [1.82, 2.24) is 0 Å². The van der Waals surface area contributed by atoms with Crippen LogP contribution in [0.5, 0.6) is 0 Å². The molecule has 0 rings (SSSR count). The van der Waals surface area contributed by atoms with Gasteiger partial charge in [0.15, 0.2) is 0 Å². The topological polar surface area (TPSA) is 86.2 Å². The molecule has 4 nitrogen and oxygen atoms in total. The van der Waals surface area contributed by atoms with Crippen LogP contribution in [0.2, 0.25) is 0 Å². The number of hydrogen-bond acceptors (Lipinski definition) is 2. The van der Waals surface area contributed by atoms with Crippen molar-refractivity contribution >= 4 is 11.8 Å². The molecule has 4 heteroatoms. The molecule has 2 amide bonds. The van der Waals surface area contributed by atoms with E-state index < -0.39 is 11.8 Å². The lowest BCUT2D eigenvalue weighted by atomic mass is 9.84. The average molecular weight is 348 g/mol. The van der Waals surface area contributed by atoms with Crippen LogP contribution in [0, 0.1) is 0 Å². The molecule has 0 aromatic carbocycles. The van der Waals surface area contributed by atoms with Crippen molar-refractivity contribution in [3.63, 3.8) is 0 Å². The predicted octanol–water partition coefficient (Wildman–Crippen LogP) is 3.52. The molecule has 0 aliphatic rings. The van der Waals surface area contributed by atoms with Gasteiger partial charge < -0.3 is 11.5 Å². The molecule has 26 heavy (non-hydrogen) atoms. The van der Waals surface area contributed by atoms with Gasteiger partial charge in [0.25, 0.3) is 0 Å². The molecule has 0 bridgehead atoms. The summed E-state index contributed by atoms with van der Waals surface area (Å²) in [4.78, 5) is 22.5. The molecular weight excluding hydrogens is 324 g/mol. The molecule has 0 aromatic rings. The summed E-state index contributed by atoms with van der Waals surface area (Å²) < 4.78 is 0. The minimum absolute atomic E-state index is 0.0175. The molecule has 0 radical (unpaired) electrons. The maximum Gasteiger partial charge on any atom is 0.248 e. The summed E-state index contributed by atoms with van der Waals surface area (Å²) in [7, 11) is 0. The maximum absolute atomic E-state index is 11.2. The van der Waals surface area contributed by atoms with Gasteiger partial charge >= 0.3 is 0 Å². The van der Waals surface area contributed by atoms with Crippen molar-refractivity contribution in [2.24, 2.45) is 11.5 Å². The molecule has 0 aromatic heterocycles. The third kappa shape index (κ3) is 4.68. The van der Waals surface area contributed by atoms with E-state index in [1.54, 1.807) is 0 Å². The van der Waals surface area contributed by atoms with Gasteiger partial charge in [-0.2, -0.15) is 0 Å². The third-order valence-corrected chi connectivity index (χ3v) is 3.87. The van der Waals surface area contributed by atoms with Gasteiger partial charge in [-0.1, -0.05) is 65.8 Å². The molecular formula is C22H24N2O2. The summed E-state index contributed by atoms with van der Waals surface area (Å²) in [6, 6.07) is 0. The van der Waals surface area contributed by atoms with Gasteiger partial charge in [0.05, 0.1) is 0 Å². The van der Waals surface area contributed by atoms with Gasteiger partial charge in [0.1, 0.15) is 0 Å². The Kier molecular flexibility index (Phi) is 7.25. The van der Waals surface area contributed by atoms with Crippen LogP contribution in [0.25, 0.3) is 0 Å². The first-order valence-electron chi connectivity index (χ1n) is 7.27. The first kappa shape index (κ1) is 22.3. The lowest BCUT2D eigenvalue weighted by Gasteiger charge is -2.20. The molecule has 0 fully saturated rings. The Morgan fingerprint density at radius 2 is 0.462 bits per heavy atom. The highest BCUT2D eigenvalue weighted by molar-refractivity contribution is 5.98. The van der Waals surface area contributed by atoms with Gasteiger partial charge in [0.2, 0.25) is 11.8 Å². The number of hydrogen-bond donors (Lipinski definition) is 2. The van der Waals surface area contributed by atoms with Crippen molar-refractivity contribution in [2.45, 2.75) is 0 Å². The van der Waals surface area contributed by atoms with Crippen LogP contribution in [-0.2, 0) is 9.59 Å². The number of amides is 2. The van der Waals surface area contributed by atoms with E-state index in [4.69, 9.17) is 11.5 Å². The molecule has 0 saturated carbocycles. The second-order valence-corrected chi connectivity index (χ2v) is 5.51. The standard InChI is InChI=1S/C22H24N2O2/c1-11(13(3)15(5)17(7)19(9)21(23)25)12(2)14(4)16(6)18(8)20(10)22(24)26/h1-10H2,(H2,23,25)(H2,24,26). The van der Waals surface area contributed by atoms with Gasteiger partial charge in [0, 0.05) is 11.1 Å². The lowest BCUT2D eigenvalue weighted by molar-refractivity contribution is -0.115. The fourth-order valence-electron chi connectivity index (χ4n) is 1.75. The summed E-state index contributed by atoms with van der Waals surface area (Å²) in [5.41, 5.74) is 13.1. The van der Waals surface area contributed by atoms with Crippen molar-refractivity contribution < 1.29 is 9.59 Å². The van der Waals surface area contributed by atoms with Gasteiger partial charge in [-0.3, -0.25) is 9.59 Å². The molecule has 0 heterocycles. The van der Waals surface area contributed by atoms with Gasteiger partial charge in [-0.05, 0) is 44.6 Å². The molecule has 134 valence electrons. The summed E-state index contributed by atoms with van der Waals surface area (Å²) in [6.45, 7) is 37.9. The minimum atomic E-state index is -0.715. The SMILES string of the molecule is C=C(C(=C)C(=C)C(=C)C(=C)C(=C)C(N)=O)C(=C)C(=C)C(=C)C(=C)C(N)=O. The van der Waals surface area contributed by atoms with E-state index in [0.29, 0.717) is 33.4 Å². The fourth-order valence-corrected chi connectivity index (χ4v) is 1.75. The Morgan fingerprint density at radius 3 is 0.577 bits per heavy atom. The highest BCUT2D eigenvalue weighted by Gasteiger charge is 2.19. The molecule has 0 aliphatic carbocycles. The fraction of sp³-hybridized carbons (Fsp3) is 0. The van der Waals surface area contributed by atoms with Crippen LogP contribution in [0.3, 0.4) is 0 Å². The Morgan fingerprint density at radius 1 is 0.346 bits per heavy atom. The van der Waals surface area contributed by atoms with E-state index in [1.165, 1.54) is 0 Å². The zero-order valence-electron chi connectivity index (χ0n) is 15.0. The predicted molar refractivity (Wildman–Crippen MR) is 110 cm³/mol. The first-order valence-corrected chi connectivity index (χ1v) is 7.27. The van der Waals surface area contributed by atoms with E-state index >= 15 is 0 Å². The van der Waals surface area contributed by atoms with Crippen LogP contribution in [0.1, 0.15) is 0 Å². The largest absolute Gasteiger partial charge is 0.366 e. The first-order chi connectivity index (χ1) is 11.7. The maximum atomic E-state index is 11.2. The number of carbonyl (C=O) groups excluding carboxylic acids is 2. The Bertz CT molecular complexity index is 789. The zero-order valence-corrected chi connectivity index (χ0v) is 15.0. The van der Waals surface area contributed by atoms with E-state index in [0.717, 1.165) is 0 Å². The summed E-state index contributed by atoms with van der Waals surface area (Å²) in [5.74, 6) is -1.43. The molecule has 4 N–H and O–H groups in total. The number of primary amides is 2. The number of nitrogens with two attached hydrogens (primary N) is 2. The Labute approximate surface area is 155 Å². The van der Waals surface area contributed by atoms with E-state index in [1.807, 2.05) is 0 Å². The van der Waals surface area contributed by atoms with Gasteiger partial charge in [-0.25, -0.2) is 0 Å². The summed E-state index contributed by atoms with van der Waals surface area (Å²) in [5, 5.41) is 0. The Balaban J connectivity index is 5.42. The minimum Gasteiger partial charge on any atom is -0.366 e. The average Bonchev–Trinajstić information content (AvgIpc) is 2.61. The van der Waals surface area contributed by atoms with Crippen LogP contribution in [0.15, 0.2) is 122 Å². The molecule has 0 unspecified atom stereocenters. The Hall–Kier alpha value is -3.66. The number of allylic oxidation sites excluding steroid dienone is 6. The van der Waals surface area contributed by atoms with Crippen LogP contribution < -0.4 is 11.5 Å².